The molecule has 4 amide bonds. The maximum absolute atomic E-state index is 13.1. The zero-order valence-corrected chi connectivity index (χ0v) is 30.7. The minimum atomic E-state index is -1.04. The second kappa shape index (κ2) is 21.8. The van der Waals surface area contributed by atoms with Gasteiger partial charge in [0.25, 0.3) is 5.91 Å². The minimum absolute atomic E-state index is 0.00467. The number of imide groups is 1. The number of nitrogen functional groups attached to an aromatic ring is 1. The normalized spacial score (nSPS) is 11.8. The number of carbonyl (C=O) groups excluding carboxylic acids is 4. The number of benzene rings is 1. The third-order valence-corrected chi connectivity index (χ3v) is 7.75. The molecule has 2 heterocycles. The maximum Gasteiger partial charge on any atom is 0.252 e. The minimum Gasteiger partial charge on any atom is -0.389 e. The summed E-state index contributed by atoms with van der Waals surface area (Å²) in [5.41, 5.74) is 7.31. The van der Waals surface area contributed by atoms with Crippen LogP contribution in [0.25, 0.3) is 21.9 Å². The molecule has 0 aliphatic carbocycles. The van der Waals surface area contributed by atoms with Crippen LogP contribution in [0.2, 0.25) is 0 Å². The van der Waals surface area contributed by atoms with Crippen LogP contribution in [0.3, 0.4) is 0 Å². The Morgan fingerprint density at radius 2 is 1.60 bits per heavy atom. The largest absolute Gasteiger partial charge is 0.389 e. The van der Waals surface area contributed by atoms with E-state index in [1.165, 1.54) is 12.2 Å². The lowest BCUT2D eigenvalue weighted by atomic mass is 10.1. The number of allylic oxidation sites excluding steroid dienone is 1. The fourth-order valence-corrected chi connectivity index (χ4v) is 5.24. The number of para-hydroxylation sites is 1. The van der Waals surface area contributed by atoms with Crippen LogP contribution in [0.1, 0.15) is 46.4 Å². The fraction of sp³-hybridized carbons (Fsp3) is 0.556. The van der Waals surface area contributed by atoms with Gasteiger partial charge in [-0.15, -0.1) is 0 Å². The van der Waals surface area contributed by atoms with Crippen LogP contribution in [0.4, 0.5) is 5.82 Å². The molecular formula is C36H53N7O9. The number of aliphatic hydroxyl groups is 1. The van der Waals surface area contributed by atoms with E-state index in [-0.39, 0.29) is 50.9 Å². The van der Waals surface area contributed by atoms with Gasteiger partial charge in [0.15, 0.2) is 5.82 Å². The number of hydrogen-bond acceptors (Lipinski definition) is 12. The molecule has 0 spiro atoms. The highest BCUT2D eigenvalue weighted by atomic mass is 16.6. The quantitative estimate of drug-likeness (QED) is 0.0651. The molecule has 0 radical (unpaired) electrons. The summed E-state index contributed by atoms with van der Waals surface area (Å²) >= 11 is 0. The lowest BCUT2D eigenvalue weighted by Gasteiger charge is -2.24. The second-order valence-corrected chi connectivity index (χ2v) is 12.5. The molecule has 2 aromatic heterocycles. The third-order valence-electron chi connectivity index (χ3n) is 7.75. The Morgan fingerprint density at radius 3 is 2.21 bits per heavy atom. The number of pyridine rings is 1. The monoisotopic (exact) mass is 727 g/mol. The SMILES string of the molecule is C/C=C\C(=O)N(C=O)CCC(=O)NCCOCCOCCOCCOCCC(=O)N(CC)Cc1nc2c(N)nc3ccccc3c2n1CC(C)(C)O. The van der Waals surface area contributed by atoms with Crippen molar-refractivity contribution < 1.29 is 43.2 Å². The van der Waals surface area contributed by atoms with E-state index < -0.39 is 11.5 Å². The maximum atomic E-state index is 13.1. The van der Waals surface area contributed by atoms with Gasteiger partial charge >= 0.3 is 0 Å². The number of ether oxygens (including phenoxy) is 4. The molecule has 0 fully saturated rings. The number of carbonyl (C=O) groups is 4. The van der Waals surface area contributed by atoms with Crippen molar-refractivity contribution >= 4 is 51.9 Å². The summed E-state index contributed by atoms with van der Waals surface area (Å²) in [6.45, 7) is 11.0. The van der Waals surface area contributed by atoms with Gasteiger partial charge in [-0.1, -0.05) is 24.3 Å². The van der Waals surface area contributed by atoms with Gasteiger partial charge in [-0.05, 0) is 39.8 Å². The van der Waals surface area contributed by atoms with Crippen molar-refractivity contribution in [3.63, 3.8) is 0 Å². The first-order valence-corrected chi connectivity index (χ1v) is 17.5. The summed E-state index contributed by atoms with van der Waals surface area (Å²) in [6, 6.07) is 7.65. The predicted octanol–water partition coefficient (Wildman–Crippen LogP) is 1.81. The average molecular weight is 728 g/mol. The lowest BCUT2D eigenvalue weighted by molar-refractivity contribution is -0.135. The van der Waals surface area contributed by atoms with E-state index in [1.54, 1.807) is 25.7 Å². The van der Waals surface area contributed by atoms with Gasteiger partial charge in [-0.3, -0.25) is 24.1 Å². The van der Waals surface area contributed by atoms with Gasteiger partial charge in [-0.25, -0.2) is 9.97 Å². The van der Waals surface area contributed by atoms with Crippen LogP contribution < -0.4 is 11.1 Å². The molecule has 1 aromatic carbocycles. The van der Waals surface area contributed by atoms with Crippen molar-refractivity contribution in [1.29, 1.82) is 0 Å². The summed E-state index contributed by atoms with van der Waals surface area (Å²) in [5, 5.41) is 14.3. The number of amides is 4. The topological polar surface area (TPSA) is 201 Å². The number of rotatable bonds is 25. The van der Waals surface area contributed by atoms with Crippen molar-refractivity contribution in [3.05, 3.63) is 42.2 Å². The molecule has 0 aliphatic heterocycles. The molecule has 3 aromatic rings. The van der Waals surface area contributed by atoms with Crippen molar-refractivity contribution in [2.45, 2.75) is 59.2 Å². The molecule has 52 heavy (non-hydrogen) atoms. The molecule has 16 nitrogen and oxygen atoms in total. The molecule has 0 saturated heterocycles. The number of aromatic nitrogens is 3. The van der Waals surface area contributed by atoms with Crippen LogP contribution >= 0.6 is 0 Å². The highest BCUT2D eigenvalue weighted by molar-refractivity contribution is 6.06. The summed E-state index contributed by atoms with van der Waals surface area (Å²) in [6.07, 6.45) is 3.40. The first-order valence-electron chi connectivity index (χ1n) is 17.5. The number of fused-ring (bicyclic) bond motifs is 3. The summed E-state index contributed by atoms with van der Waals surface area (Å²) < 4.78 is 24.0. The van der Waals surface area contributed by atoms with E-state index in [0.717, 1.165) is 21.3 Å². The first-order chi connectivity index (χ1) is 25.0. The zero-order chi connectivity index (χ0) is 37.9. The van der Waals surface area contributed by atoms with E-state index >= 15 is 0 Å². The highest BCUT2D eigenvalue weighted by Crippen LogP contribution is 2.30. The molecular weight excluding hydrogens is 674 g/mol. The van der Waals surface area contributed by atoms with Gasteiger partial charge in [0.1, 0.15) is 11.3 Å². The Morgan fingerprint density at radius 1 is 0.962 bits per heavy atom. The number of anilines is 1. The van der Waals surface area contributed by atoms with Crippen LogP contribution in [0.15, 0.2) is 36.4 Å². The zero-order valence-electron chi connectivity index (χ0n) is 30.7. The van der Waals surface area contributed by atoms with Crippen LogP contribution in [-0.4, -0.2) is 132 Å². The summed E-state index contributed by atoms with van der Waals surface area (Å²) in [4.78, 5) is 59.6. The Labute approximate surface area is 304 Å². The van der Waals surface area contributed by atoms with Crippen LogP contribution in [0, 0.1) is 0 Å². The fourth-order valence-electron chi connectivity index (χ4n) is 5.24. The number of nitrogens with zero attached hydrogens (tertiary/aromatic N) is 5. The Hall–Kier alpha value is -4.48. The molecule has 286 valence electrons. The van der Waals surface area contributed by atoms with E-state index in [9.17, 15) is 24.3 Å². The summed E-state index contributed by atoms with van der Waals surface area (Å²) in [5.74, 6) is 0.0704. The summed E-state index contributed by atoms with van der Waals surface area (Å²) in [7, 11) is 0. The molecule has 0 saturated carbocycles. The molecule has 0 unspecified atom stereocenters. The third kappa shape index (κ3) is 13.6. The lowest BCUT2D eigenvalue weighted by Crippen LogP contribution is -2.34. The number of nitrogens with two attached hydrogens (primary N) is 1. The predicted molar refractivity (Wildman–Crippen MR) is 195 cm³/mol. The van der Waals surface area contributed by atoms with Gasteiger partial charge < -0.3 is 44.6 Å². The molecule has 0 aliphatic rings. The molecule has 4 N–H and O–H groups in total. The van der Waals surface area contributed by atoms with Crippen molar-refractivity contribution in [3.8, 4) is 0 Å². The first kappa shape index (κ1) is 41.9. The second-order valence-electron chi connectivity index (χ2n) is 12.5. The number of nitrogens with one attached hydrogen (secondary N) is 1. The molecule has 16 heteroatoms. The van der Waals surface area contributed by atoms with Gasteiger partial charge in [0, 0.05) is 31.4 Å². The van der Waals surface area contributed by atoms with E-state index in [1.807, 2.05) is 35.8 Å². The number of hydrogen-bond donors (Lipinski definition) is 3. The Bertz CT molecular complexity index is 1640. The van der Waals surface area contributed by atoms with Crippen molar-refractivity contribution in [2.24, 2.45) is 0 Å². The van der Waals surface area contributed by atoms with Crippen molar-refractivity contribution in [1.82, 2.24) is 29.7 Å². The van der Waals surface area contributed by atoms with Crippen LogP contribution in [-0.2, 0) is 51.2 Å². The molecule has 3 rings (SSSR count). The van der Waals surface area contributed by atoms with E-state index in [4.69, 9.17) is 29.7 Å². The number of imidazole rings is 1. The smallest absolute Gasteiger partial charge is 0.252 e. The average Bonchev–Trinajstić information content (AvgIpc) is 3.46. The van der Waals surface area contributed by atoms with Crippen LogP contribution in [0.5, 0.6) is 0 Å². The standard InChI is InChI=1S/C36H53N7O9/c1-5-9-31(46)42(26-44)15-12-30(45)38-14-17-50-19-21-52-23-22-51-20-18-49-16-13-32(47)41(6-2)24-29-40-33-34(43(29)25-36(3,4)48)27-10-7-8-11-28(27)39-35(33)37/h5,7-11,26,48H,6,12-25H2,1-4H3,(H2,37,39)(H,38,45)/b9-5-. The van der Waals surface area contributed by atoms with Crippen molar-refractivity contribution in [2.75, 3.05) is 78.2 Å². The van der Waals surface area contributed by atoms with Gasteiger partial charge in [0.05, 0.1) is 89.0 Å². The van der Waals surface area contributed by atoms with E-state index in [0.29, 0.717) is 82.9 Å². The van der Waals surface area contributed by atoms with E-state index in [2.05, 4.69) is 10.3 Å². The molecule has 0 atom stereocenters. The molecule has 0 bridgehead atoms. The van der Waals surface area contributed by atoms with Gasteiger partial charge in [0.2, 0.25) is 18.2 Å². The van der Waals surface area contributed by atoms with Gasteiger partial charge in [-0.2, -0.15) is 0 Å². The Kier molecular flexibility index (Phi) is 17.6. The Balaban J connectivity index is 1.27. The highest BCUT2D eigenvalue weighted by Gasteiger charge is 2.24.